The summed E-state index contributed by atoms with van der Waals surface area (Å²) in [5.74, 6) is -2.90. The van der Waals surface area contributed by atoms with Crippen LogP contribution in [0.4, 0.5) is 5.13 Å². The highest BCUT2D eigenvalue weighted by Gasteiger charge is 2.54. The lowest BCUT2D eigenvalue weighted by atomic mass is 10.0. The molecule has 12 nitrogen and oxygen atoms in total. The van der Waals surface area contributed by atoms with E-state index < -0.39 is 47.4 Å². The summed E-state index contributed by atoms with van der Waals surface area (Å²) in [5, 5.41) is 15.9. The van der Waals surface area contributed by atoms with E-state index in [2.05, 4.69) is 22.0 Å². The number of ether oxygens (including phenoxy) is 1. The van der Waals surface area contributed by atoms with Crippen LogP contribution in [0.1, 0.15) is 26.5 Å². The molecule has 0 aliphatic carbocycles. The van der Waals surface area contributed by atoms with Crippen molar-refractivity contribution >= 4 is 57.7 Å². The number of aliphatic carboxylic acids is 1. The zero-order valence-electron chi connectivity index (χ0n) is 18.6. The number of thioether (sulfide) groups is 1. The van der Waals surface area contributed by atoms with Crippen molar-refractivity contribution in [2.75, 3.05) is 18.1 Å². The molecule has 3 heterocycles. The predicted octanol–water partition coefficient (Wildman–Crippen LogP) is 0.712. The Morgan fingerprint density at radius 1 is 1.44 bits per heavy atom. The number of nitrogens with two attached hydrogens (primary N) is 1. The molecule has 14 heteroatoms. The van der Waals surface area contributed by atoms with Gasteiger partial charge in [-0.3, -0.25) is 14.5 Å². The molecule has 3 rings (SSSR count). The lowest BCUT2D eigenvalue weighted by Gasteiger charge is -2.49. The molecular formula is C20H23N5O7S2. The number of nitrogens with zero attached hydrogens (tertiary/aromatic N) is 3. The highest BCUT2D eigenvalue weighted by Crippen LogP contribution is 2.41. The fourth-order valence-electron chi connectivity index (χ4n) is 3.08. The summed E-state index contributed by atoms with van der Waals surface area (Å²) in [6.45, 7) is 8.08. The van der Waals surface area contributed by atoms with E-state index in [0.29, 0.717) is 11.3 Å². The number of carbonyl (C=O) groups excluding carboxylic acids is 3. The highest BCUT2D eigenvalue weighted by molar-refractivity contribution is 8.00. The number of allylic oxidation sites excluding steroid dienone is 1. The van der Waals surface area contributed by atoms with Gasteiger partial charge in [-0.2, -0.15) is 0 Å². The number of thiazole rings is 1. The lowest BCUT2D eigenvalue weighted by Crippen LogP contribution is -2.71. The molecule has 1 aromatic rings. The van der Waals surface area contributed by atoms with E-state index in [0.717, 1.165) is 11.3 Å². The fraction of sp³-hybridized carbons (Fsp3) is 0.400. The van der Waals surface area contributed by atoms with Gasteiger partial charge in [0.2, 0.25) is 6.61 Å². The molecule has 0 aromatic carbocycles. The number of carbonyl (C=O) groups is 4. The molecule has 2 aliphatic heterocycles. The number of hydrogen-bond donors (Lipinski definition) is 3. The summed E-state index contributed by atoms with van der Waals surface area (Å²) < 4.78 is 5.45. The van der Waals surface area contributed by atoms with Gasteiger partial charge in [0.1, 0.15) is 28.4 Å². The first kappa shape index (κ1) is 25.2. The second kappa shape index (κ2) is 9.85. The summed E-state index contributed by atoms with van der Waals surface area (Å²) in [7, 11) is 0. The number of nitrogens with one attached hydrogen (secondary N) is 1. The molecule has 0 saturated carbocycles. The molecule has 1 saturated heterocycles. The summed E-state index contributed by atoms with van der Waals surface area (Å²) in [4.78, 5) is 59.4. The minimum Gasteiger partial charge on any atom is -0.479 e. The number of aromatic nitrogens is 1. The maximum atomic E-state index is 13.0. The average Bonchev–Trinajstić information content (AvgIpc) is 3.17. The van der Waals surface area contributed by atoms with Gasteiger partial charge in [0.05, 0.1) is 0 Å². The van der Waals surface area contributed by atoms with Crippen LogP contribution in [0.2, 0.25) is 0 Å². The fourth-order valence-corrected chi connectivity index (χ4v) is 4.97. The van der Waals surface area contributed by atoms with Crippen molar-refractivity contribution in [3.8, 4) is 0 Å². The van der Waals surface area contributed by atoms with Crippen molar-refractivity contribution in [3.05, 3.63) is 35.0 Å². The number of fused-ring (bicyclic) bond motifs is 1. The van der Waals surface area contributed by atoms with Gasteiger partial charge >= 0.3 is 11.9 Å². The van der Waals surface area contributed by atoms with Crippen molar-refractivity contribution in [3.63, 3.8) is 0 Å². The van der Waals surface area contributed by atoms with E-state index in [1.807, 2.05) is 0 Å². The van der Waals surface area contributed by atoms with E-state index in [1.165, 1.54) is 28.1 Å². The van der Waals surface area contributed by atoms with Crippen LogP contribution in [0.5, 0.6) is 0 Å². The number of rotatable bonds is 8. The molecule has 2 amide bonds. The van der Waals surface area contributed by atoms with Crippen LogP contribution in [0, 0.1) is 0 Å². The summed E-state index contributed by atoms with van der Waals surface area (Å²) in [5.41, 5.74) is 5.22. The van der Waals surface area contributed by atoms with Crippen molar-refractivity contribution in [2.45, 2.75) is 37.8 Å². The second-order valence-corrected chi connectivity index (χ2v) is 10.1. The number of anilines is 1. The van der Waals surface area contributed by atoms with Crippen molar-refractivity contribution in [1.82, 2.24) is 15.2 Å². The third kappa shape index (κ3) is 5.39. The minimum atomic E-state index is -1.29. The standard InChI is InChI=1S/C20H23N5O7S2/c1-5-9-7-33-17-13(16(29)25(17)14(9)18(30)32-20(2,3)4)23-15(28)12(24-31-6-11(26)27)10-8-34-19(21)22-10/h5,8,13,17H,1,6-7H2,2-4H3,(H2,21,22)(H,23,28)(H,26,27)/b24-12-/t13-,17-/m1/s1. The van der Waals surface area contributed by atoms with E-state index in [4.69, 9.17) is 20.4 Å². The van der Waals surface area contributed by atoms with Crippen LogP contribution in [-0.2, 0) is 28.8 Å². The molecule has 2 aliphatic rings. The quantitative estimate of drug-likeness (QED) is 0.196. The Morgan fingerprint density at radius 3 is 2.71 bits per heavy atom. The Kier molecular flexibility index (Phi) is 7.31. The molecule has 2 atom stereocenters. The number of nitrogen functional groups attached to an aromatic ring is 1. The van der Waals surface area contributed by atoms with Crippen LogP contribution >= 0.6 is 23.1 Å². The Hall–Kier alpha value is -3.39. The molecule has 0 radical (unpaired) electrons. The first-order valence-electron chi connectivity index (χ1n) is 9.90. The SMILES string of the molecule is C=CC1=C(C(=O)OC(C)(C)C)N2C(=O)[C@@H](NC(=O)/C(=N\OCC(=O)O)c3csc(N)n3)[C@H]2SC1. The molecular weight excluding hydrogens is 486 g/mol. The van der Waals surface area contributed by atoms with Gasteiger partial charge in [0, 0.05) is 11.1 Å². The normalized spacial score (nSPS) is 20.3. The Bertz CT molecular complexity index is 1110. The Labute approximate surface area is 202 Å². The molecule has 1 fully saturated rings. The highest BCUT2D eigenvalue weighted by atomic mass is 32.2. The zero-order chi connectivity index (χ0) is 25.2. The smallest absolute Gasteiger partial charge is 0.355 e. The van der Waals surface area contributed by atoms with Gasteiger partial charge < -0.3 is 25.7 Å². The van der Waals surface area contributed by atoms with Crippen molar-refractivity contribution in [2.24, 2.45) is 5.16 Å². The first-order chi connectivity index (χ1) is 15.9. The number of amides is 2. The van der Waals surface area contributed by atoms with Gasteiger partial charge in [-0.15, -0.1) is 23.1 Å². The maximum Gasteiger partial charge on any atom is 0.355 e. The first-order valence-corrected chi connectivity index (χ1v) is 11.8. The zero-order valence-corrected chi connectivity index (χ0v) is 20.2. The predicted molar refractivity (Wildman–Crippen MR) is 125 cm³/mol. The van der Waals surface area contributed by atoms with Gasteiger partial charge in [-0.25, -0.2) is 14.6 Å². The monoisotopic (exact) mass is 509 g/mol. The number of carboxylic acids is 1. The number of hydrogen-bond acceptors (Lipinski definition) is 11. The van der Waals surface area contributed by atoms with E-state index in [-0.39, 0.29) is 22.2 Å². The van der Waals surface area contributed by atoms with Gasteiger partial charge in [-0.05, 0) is 26.3 Å². The van der Waals surface area contributed by atoms with Crippen molar-refractivity contribution < 1.29 is 33.9 Å². The van der Waals surface area contributed by atoms with Crippen LogP contribution < -0.4 is 11.1 Å². The van der Waals surface area contributed by atoms with Crippen LogP contribution in [0.25, 0.3) is 0 Å². The molecule has 34 heavy (non-hydrogen) atoms. The third-order valence-corrected chi connectivity index (χ3v) is 6.42. The topological polar surface area (TPSA) is 174 Å². The molecule has 182 valence electrons. The summed E-state index contributed by atoms with van der Waals surface area (Å²) in [6.07, 6.45) is 1.50. The van der Waals surface area contributed by atoms with Gasteiger partial charge in [0.15, 0.2) is 10.8 Å². The Balaban J connectivity index is 1.80. The number of carboxylic acid groups (broad SMARTS) is 1. The average molecular weight is 510 g/mol. The second-order valence-electron chi connectivity index (χ2n) is 8.12. The van der Waals surface area contributed by atoms with E-state index in [1.54, 1.807) is 20.8 Å². The van der Waals surface area contributed by atoms with Gasteiger partial charge in [0.25, 0.3) is 11.8 Å². The molecule has 0 spiro atoms. The van der Waals surface area contributed by atoms with Gasteiger partial charge in [-0.1, -0.05) is 17.8 Å². The molecule has 4 N–H and O–H groups in total. The minimum absolute atomic E-state index is 0.0635. The number of oxime groups is 1. The third-order valence-electron chi connectivity index (χ3n) is 4.45. The summed E-state index contributed by atoms with van der Waals surface area (Å²) in [6, 6.07) is -0.970. The Morgan fingerprint density at radius 2 is 2.15 bits per heavy atom. The molecule has 0 unspecified atom stereocenters. The molecule has 0 bridgehead atoms. The largest absolute Gasteiger partial charge is 0.479 e. The van der Waals surface area contributed by atoms with Crippen LogP contribution in [0.15, 0.2) is 34.5 Å². The lowest BCUT2D eigenvalue weighted by molar-refractivity contribution is -0.158. The van der Waals surface area contributed by atoms with Crippen LogP contribution in [-0.4, -0.2) is 73.8 Å². The number of esters is 1. The van der Waals surface area contributed by atoms with Crippen molar-refractivity contribution in [1.29, 1.82) is 0 Å². The molecule has 1 aromatic heterocycles. The maximum absolute atomic E-state index is 13.0. The number of β-lactam (4-membered cyclic amide) rings is 1. The van der Waals surface area contributed by atoms with Crippen LogP contribution in [0.3, 0.4) is 0 Å². The van der Waals surface area contributed by atoms with E-state index >= 15 is 0 Å². The summed E-state index contributed by atoms with van der Waals surface area (Å²) >= 11 is 2.39. The van der Waals surface area contributed by atoms with E-state index in [9.17, 15) is 19.2 Å².